The van der Waals surface area contributed by atoms with Gasteiger partial charge in [0.05, 0.1) is 0 Å². The molecule has 0 spiro atoms. The van der Waals surface area contributed by atoms with Gasteiger partial charge in [0, 0.05) is 45.1 Å². The molecule has 1 N–H and O–H groups in total. The van der Waals surface area contributed by atoms with Crippen molar-refractivity contribution in [2.45, 2.75) is 52.8 Å². The minimum atomic E-state index is -0.433. The van der Waals surface area contributed by atoms with Crippen molar-refractivity contribution in [3.8, 4) is 0 Å². The van der Waals surface area contributed by atoms with Gasteiger partial charge in [-0.3, -0.25) is 0 Å². The summed E-state index contributed by atoms with van der Waals surface area (Å²) in [6, 6.07) is 2.15. The number of nitrogens with one attached hydrogen (secondary N) is 1. The normalized spacial score (nSPS) is 15.5. The molecule has 0 atom stereocenters. The van der Waals surface area contributed by atoms with Crippen LogP contribution in [0, 0.1) is 0 Å². The summed E-state index contributed by atoms with van der Waals surface area (Å²) >= 11 is 0. The first-order chi connectivity index (χ1) is 10.9. The Labute approximate surface area is 139 Å². The van der Waals surface area contributed by atoms with Crippen molar-refractivity contribution in [1.82, 2.24) is 14.8 Å². The third-order valence-corrected chi connectivity index (χ3v) is 3.81. The third kappa shape index (κ3) is 5.75. The SMILES string of the molecule is CCn1ccc(CNCC2=CCN(C(=O)OC(C)(C)C)CC2)c1. The molecule has 2 rings (SSSR count). The van der Waals surface area contributed by atoms with Crippen LogP contribution in [-0.4, -0.2) is 40.8 Å². The molecule has 2 heterocycles. The molecule has 0 radical (unpaired) electrons. The minimum Gasteiger partial charge on any atom is -0.444 e. The highest BCUT2D eigenvalue weighted by atomic mass is 16.6. The van der Waals surface area contributed by atoms with Crippen LogP contribution in [0.1, 0.15) is 39.7 Å². The number of aromatic nitrogens is 1. The molecule has 1 amide bonds. The Kier molecular flexibility index (Phi) is 5.88. The first-order valence-corrected chi connectivity index (χ1v) is 8.38. The summed E-state index contributed by atoms with van der Waals surface area (Å²) in [7, 11) is 0. The number of hydrogen-bond acceptors (Lipinski definition) is 3. The number of nitrogens with zero attached hydrogens (tertiary/aromatic N) is 2. The summed E-state index contributed by atoms with van der Waals surface area (Å²) in [5, 5.41) is 3.47. The Morgan fingerprint density at radius 1 is 1.35 bits per heavy atom. The Balaban J connectivity index is 1.73. The maximum atomic E-state index is 12.0. The number of ether oxygens (including phenoxy) is 1. The maximum Gasteiger partial charge on any atom is 0.410 e. The second-order valence-corrected chi connectivity index (χ2v) is 6.99. The van der Waals surface area contributed by atoms with Crippen LogP contribution < -0.4 is 5.32 Å². The third-order valence-electron chi connectivity index (χ3n) is 3.81. The molecule has 0 fully saturated rings. The average molecular weight is 319 g/mol. The van der Waals surface area contributed by atoms with Crippen LogP contribution in [-0.2, 0) is 17.8 Å². The molecule has 1 aliphatic heterocycles. The zero-order valence-corrected chi connectivity index (χ0v) is 14.8. The van der Waals surface area contributed by atoms with E-state index in [0.717, 1.165) is 32.6 Å². The van der Waals surface area contributed by atoms with E-state index in [9.17, 15) is 4.79 Å². The molecule has 23 heavy (non-hydrogen) atoms. The van der Waals surface area contributed by atoms with E-state index in [1.165, 1.54) is 11.1 Å². The van der Waals surface area contributed by atoms with Gasteiger partial charge < -0.3 is 19.5 Å². The lowest BCUT2D eigenvalue weighted by atomic mass is 10.1. The molecule has 0 unspecified atom stereocenters. The quantitative estimate of drug-likeness (QED) is 0.848. The molecule has 0 aromatic carbocycles. The summed E-state index contributed by atoms with van der Waals surface area (Å²) in [6.45, 7) is 11.9. The lowest BCUT2D eigenvalue weighted by Gasteiger charge is -2.29. The van der Waals surface area contributed by atoms with Crippen LogP contribution in [0.4, 0.5) is 4.79 Å². The molecule has 1 aromatic rings. The molecule has 0 aliphatic carbocycles. The average Bonchev–Trinajstić information content (AvgIpc) is 2.94. The molecule has 0 saturated heterocycles. The summed E-state index contributed by atoms with van der Waals surface area (Å²) in [4.78, 5) is 13.8. The molecule has 1 aliphatic rings. The van der Waals surface area contributed by atoms with E-state index < -0.39 is 5.60 Å². The van der Waals surface area contributed by atoms with Crippen LogP contribution in [0.15, 0.2) is 30.1 Å². The Morgan fingerprint density at radius 2 is 2.13 bits per heavy atom. The van der Waals surface area contributed by atoms with Crippen molar-refractivity contribution in [2.75, 3.05) is 19.6 Å². The lowest BCUT2D eigenvalue weighted by molar-refractivity contribution is 0.0265. The first-order valence-electron chi connectivity index (χ1n) is 8.38. The van der Waals surface area contributed by atoms with Gasteiger partial charge in [0.2, 0.25) is 0 Å². The number of carbonyl (C=O) groups excluding carboxylic acids is 1. The highest BCUT2D eigenvalue weighted by Crippen LogP contribution is 2.15. The topological polar surface area (TPSA) is 46.5 Å². The fourth-order valence-electron chi connectivity index (χ4n) is 2.52. The van der Waals surface area contributed by atoms with Gasteiger partial charge in [0.25, 0.3) is 0 Å². The number of amides is 1. The first kappa shape index (κ1) is 17.6. The molecule has 1 aromatic heterocycles. The predicted molar refractivity (Wildman–Crippen MR) is 92.3 cm³/mol. The molecule has 0 bridgehead atoms. The van der Waals surface area contributed by atoms with Gasteiger partial charge in [0.1, 0.15) is 5.60 Å². The monoisotopic (exact) mass is 319 g/mol. The van der Waals surface area contributed by atoms with Gasteiger partial charge in [-0.05, 0) is 45.7 Å². The van der Waals surface area contributed by atoms with E-state index in [1.807, 2.05) is 20.8 Å². The lowest BCUT2D eigenvalue weighted by Crippen LogP contribution is -2.39. The van der Waals surface area contributed by atoms with Gasteiger partial charge in [0.15, 0.2) is 0 Å². The summed E-state index contributed by atoms with van der Waals surface area (Å²) in [5.41, 5.74) is 2.23. The molecule has 0 saturated carbocycles. The molecular weight excluding hydrogens is 290 g/mol. The maximum absolute atomic E-state index is 12.0. The molecule has 5 nitrogen and oxygen atoms in total. The van der Waals surface area contributed by atoms with Crippen LogP contribution >= 0.6 is 0 Å². The Hall–Kier alpha value is -1.75. The molecular formula is C18H29N3O2. The van der Waals surface area contributed by atoms with E-state index in [-0.39, 0.29) is 6.09 Å². The van der Waals surface area contributed by atoms with Crippen molar-refractivity contribution < 1.29 is 9.53 Å². The fraction of sp³-hybridized carbons (Fsp3) is 0.611. The number of hydrogen-bond donors (Lipinski definition) is 1. The van der Waals surface area contributed by atoms with E-state index >= 15 is 0 Å². The van der Waals surface area contributed by atoms with Crippen LogP contribution in [0.25, 0.3) is 0 Å². The zero-order chi connectivity index (χ0) is 16.9. The highest BCUT2D eigenvalue weighted by molar-refractivity contribution is 5.68. The minimum absolute atomic E-state index is 0.221. The Bertz CT molecular complexity index is 555. The number of aryl methyl sites for hydroxylation is 1. The number of carbonyl (C=O) groups is 1. The largest absolute Gasteiger partial charge is 0.444 e. The van der Waals surface area contributed by atoms with Crippen molar-refractivity contribution in [3.05, 3.63) is 35.7 Å². The summed E-state index contributed by atoms with van der Waals surface area (Å²) in [5.74, 6) is 0. The predicted octanol–water partition coefficient (Wildman–Crippen LogP) is 3.16. The summed E-state index contributed by atoms with van der Waals surface area (Å²) in [6.07, 6.45) is 7.10. The fourth-order valence-corrected chi connectivity index (χ4v) is 2.52. The van der Waals surface area contributed by atoms with E-state index in [0.29, 0.717) is 6.54 Å². The molecule has 5 heteroatoms. The Morgan fingerprint density at radius 3 is 2.70 bits per heavy atom. The van der Waals surface area contributed by atoms with Gasteiger partial charge in [-0.2, -0.15) is 0 Å². The highest BCUT2D eigenvalue weighted by Gasteiger charge is 2.23. The van der Waals surface area contributed by atoms with Crippen molar-refractivity contribution in [2.24, 2.45) is 0 Å². The molecule has 128 valence electrons. The van der Waals surface area contributed by atoms with Crippen LogP contribution in [0.2, 0.25) is 0 Å². The summed E-state index contributed by atoms with van der Waals surface area (Å²) < 4.78 is 7.58. The van der Waals surface area contributed by atoms with Crippen LogP contribution in [0.3, 0.4) is 0 Å². The van der Waals surface area contributed by atoms with Gasteiger partial charge >= 0.3 is 6.09 Å². The second-order valence-electron chi connectivity index (χ2n) is 6.99. The van der Waals surface area contributed by atoms with Crippen molar-refractivity contribution >= 4 is 6.09 Å². The van der Waals surface area contributed by atoms with E-state index in [1.54, 1.807) is 4.90 Å². The van der Waals surface area contributed by atoms with Crippen molar-refractivity contribution in [1.29, 1.82) is 0 Å². The van der Waals surface area contributed by atoms with Gasteiger partial charge in [-0.25, -0.2) is 4.79 Å². The zero-order valence-electron chi connectivity index (χ0n) is 14.8. The van der Waals surface area contributed by atoms with Crippen molar-refractivity contribution in [3.63, 3.8) is 0 Å². The number of rotatable bonds is 5. The second kappa shape index (κ2) is 7.68. The van der Waals surface area contributed by atoms with E-state index in [4.69, 9.17) is 4.74 Å². The standard InChI is InChI=1S/C18H29N3O2/c1-5-20-9-6-16(14-20)13-19-12-15-7-10-21(11-8-15)17(22)23-18(2,3)4/h6-7,9,14,19H,5,8,10-13H2,1-4H3. The smallest absolute Gasteiger partial charge is 0.410 e. The van der Waals surface area contributed by atoms with Crippen LogP contribution in [0.5, 0.6) is 0 Å². The van der Waals surface area contributed by atoms with Gasteiger partial charge in [-0.1, -0.05) is 11.6 Å². The van der Waals surface area contributed by atoms with Gasteiger partial charge in [-0.15, -0.1) is 0 Å². The van der Waals surface area contributed by atoms with E-state index in [2.05, 4.69) is 41.3 Å².